The summed E-state index contributed by atoms with van der Waals surface area (Å²) in [7, 11) is -2.63. The maximum atomic E-state index is 12.4. The van der Waals surface area contributed by atoms with E-state index in [0.717, 1.165) is 11.3 Å². The maximum absolute atomic E-state index is 12.4. The van der Waals surface area contributed by atoms with Crippen LogP contribution in [-0.4, -0.2) is 34.6 Å². The number of hydrogen-bond donors (Lipinski definition) is 1. The fourth-order valence-corrected chi connectivity index (χ4v) is 3.80. The second kappa shape index (κ2) is 9.02. The predicted octanol–water partition coefficient (Wildman–Crippen LogP) is 3.18. The summed E-state index contributed by atoms with van der Waals surface area (Å²) in [5.41, 5.74) is 1.20. The molecule has 0 fully saturated rings. The molecule has 0 atom stereocenters. The van der Waals surface area contributed by atoms with E-state index >= 15 is 0 Å². The molecule has 1 N–H and O–H groups in total. The molecule has 8 heteroatoms. The lowest BCUT2D eigenvalue weighted by molar-refractivity contribution is 0.0600. The van der Waals surface area contributed by atoms with Gasteiger partial charge in [0.1, 0.15) is 10.6 Å². The summed E-state index contributed by atoms with van der Waals surface area (Å²) in [6.45, 7) is 2.50. The minimum atomic E-state index is -3.85. The van der Waals surface area contributed by atoms with E-state index in [9.17, 15) is 13.2 Å². The molecule has 0 radical (unpaired) electrons. The number of sulfonamides is 1. The number of ether oxygens (including phenoxy) is 2. The third-order valence-electron chi connectivity index (χ3n) is 3.51. The summed E-state index contributed by atoms with van der Waals surface area (Å²) in [6.07, 6.45) is 0.474. The van der Waals surface area contributed by atoms with Gasteiger partial charge in [-0.05, 0) is 49.2 Å². The van der Waals surface area contributed by atoms with Gasteiger partial charge < -0.3 is 9.47 Å². The highest BCUT2D eigenvalue weighted by atomic mass is 35.5. The molecule has 2 aromatic rings. The summed E-state index contributed by atoms with van der Waals surface area (Å²) < 4.78 is 37.4. The van der Waals surface area contributed by atoms with Gasteiger partial charge in [0.05, 0.1) is 24.3 Å². The first-order chi connectivity index (χ1) is 12.3. The Morgan fingerprint density at radius 3 is 2.65 bits per heavy atom. The maximum Gasteiger partial charge on any atom is 0.337 e. The van der Waals surface area contributed by atoms with E-state index in [1.54, 1.807) is 0 Å². The molecule has 0 aromatic heterocycles. The molecule has 2 rings (SSSR count). The van der Waals surface area contributed by atoms with Gasteiger partial charge in [0.15, 0.2) is 0 Å². The van der Waals surface area contributed by atoms with Gasteiger partial charge in [0, 0.05) is 6.54 Å². The van der Waals surface area contributed by atoms with E-state index in [0.29, 0.717) is 13.0 Å². The first-order valence-electron chi connectivity index (χ1n) is 7.90. The molecule has 0 saturated heterocycles. The average molecular weight is 398 g/mol. The Morgan fingerprint density at radius 2 is 1.96 bits per heavy atom. The SMILES string of the molecule is COC(=O)c1ccc(Cl)c(S(=O)(=O)NCCCOc2cccc(C)c2)c1. The molecular formula is C18H20ClNO5S. The van der Waals surface area contributed by atoms with Crippen LogP contribution in [0.4, 0.5) is 0 Å². The summed E-state index contributed by atoms with van der Waals surface area (Å²) in [5.74, 6) is 0.103. The Bertz CT molecular complexity index is 883. The molecule has 0 amide bonds. The van der Waals surface area contributed by atoms with Gasteiger partial charge in [0.25, 0.3) is 0 Å². The molecule has 0 saturated carbocycles. The van der Waals surface area contributed by atoms with Crippen molar-refractivity contribution in [1.29, 1.82) is 0 Å². The van der Waals surface area contributed by atoms with Crippen LogP contribution >= 0.6 is 11.6 Å². The van der Waals surface area contributed by atoms with Crippen LogP contribution in [0.1, 0.15) is 22.3 Å². The Labute approximate surface area is 158 Å². The van der Waals surface area contributed by atoms with Gasteiger partial charge in [-0.25, -0.2) is 17.9 Å². The first kappa shape index (κ1) is 20.2. The molecule has 26 heavy (non-hydrogen) atoms. The molecule has 0 aliphatic rings. The van der Waals surface area contributed by atoms with Crippen LogP contribution in [0, 0.1) is 6.92 Å². The van der Waals surface area contributed by atoms with Crippen molar-refractivity contribution in [2.45, 2.75) is 18.2 Å². The second-order valence-electron chi connectivity index (χ2n) is 5.55. The van der Waals surface area contributed by atoms with Crippen molar-refractivity contribution < 1.29 is 22.7 Å². The van der Waals surface area contributed by atoms with E-state index in [2.05, 4.69) is 9.46 Å². The van der Waals surface area contributed by atoms with Crippen molar-refractivity contribution >= 4 is 27.6 Å². The monoisotopic (exact) mass is 397 g/mol. The molecule has 2 aromatic carbocycles. The Balaban J connectivity index is 1.93. The largest absolute Gasteiger partial charge is 0.494 e. The molecule has 6 nitrogen and oxygen atoms in total. The van der Waals surface area contributed by atoms with Gasteiger partial charge in [-0.2, -0.15) is 0 Å². The lowest BCUT2D eigenvalue weighted by Crippen LogP contribution is -2.26. The van der Waals surface area contributed by atoms with Crippen molar-refractivity contribution in [3.05, 3.63) is 58.6 Å². The fourth-order valence-electron chi connectivity index (χ4n) is 2.21. The van der Waals surface area contributed by atoms with Gasteiger partial charge in [-0.1, -0.05) is 23.7 Å². The number of hydrogen-bond acceptors (Lipinski definition) is 5. The van der Waals surface area contributed by atoms with Crippen LogP contribution in [0.15, 0.2) is 47.4 Å². The van der Waals surface area contributed by atoms with E-state index in [1.165, 1.54) is 25.3 Å². The Morgan fingerprint density at radius 1 is 1.19 bits per heavy atom. The lowest BCUT2D eigenvalue weighted by atomic mass is 10.2. The molecule has 0 spiro atoms. The normalized spacial score (nSPS) is 11.2. The van der Waals surface area contributed by atoms with Crippen LogP contribution in [-0.2, 0) is 14.8 Å². The highest BCUT2D eigenvalue weighted by Gasteiger charge is 2.20. The zero-order valence-corrected chi connectivity index (χ0v) is 16.1. The highest BCUT2D eigenvalue weighted by Crippen LogP contribution is 2.23. The topological polar surface area (TPSA) is 81.7 Å². The number of nitrogens with one attached hydrogen (secondary N) is 1. The fraction of sp³-hybridized carbons (Fsp3) is 0.278. The molecule has 140 valence electrons. The van der Waals surface area contributed by atoms with E-state index in [4.69, 9.17) is 16.3 Å². The summed E-state index contributed by atoms with van der Waals surface area (Å²) in [4.78, 5) is 11.4. The molecule has 0 unspecified atom stereocenters. The second-order valence-corrected chi connectivity index (χ2v) is 7.70. The number of methoxy groups -OCH3 is 1. The summed E-state index contributed by atoms with van der Waals surface area (Å²) in [6, 6.07) is 11.6. The number of benzene rings is 2. The number of esters is 1. The average Bonchev–Trinajstić information content (AvgIpc) is 2.61. The van der Waals surface area contributed by atoms with E-state index < -0.39 is 16.0 Å². The quantitative estimate of drug-likeness (QED) is 0.546. The highest BCUT2D eigenvalue weighted by molar-refractivity contribution is 7.89. The minimum Gasteiger partial charge on any atom is -0.494 e. The standard InChI is InChI=1S/C18H20ClNO5S/c1-13-5-3-6-15(11-13)25-10-4-9-20-26(22,23)17-12-14(18(21)24-2)7-8-16(17)19/h3,5-8,11-12,20H,4,9-10H2,1-2H3. The first-order valence-corrected chi connectivity index (χ1v) is 9.76. The van der Waals surface area contributed by atoms with Crippen molar-refractivity contribution in [2.24, 2.45) is 0 Å². The van der Waals surface area contributed by atoms with E-state index in [1.807, 2.05) is 31.2 Å². The lowest BCUT2D eigenvalue weighted by Gasteiger charge is -2.10. The summed E-state index contributed by atoms with van der Waals surface area (Å²) in [5, 5.41) is 0.0289. The van der Waals surface area contributed by atoms with Crippen LogP contribution < -0.4 is 9.46 Å². The van der Waals surface area contributed by atoms with Crippen LogP contribution in [0.25, 0.3) is 0 Å². The number of rotatable bonds is 8. The van der Waals surface area contributed by atoms with Gasteiger partial charge in [-0.3, -0.25) is 0 Å². The number of carbonyl (C=O) groups is 1. The third-order valence-corrected chi connectivity index (χ3v) is 5.46. The van der Waals surface area contributed by atoms with Crippen LogP contribution in [0.5, 0.6) is 5.75 Å². The van der Waals surface area contributed by atoms with Crippen molar-refractivity contribution in [3.63, 3.8) is 0 Å². The molecule has 0 aliphatic carbocycles. The van der Waals surface area contributed by atoms with E-state index in [-0.39, 0.29) is 22.0 Å². The Kier molecular flexibility index (Phi) is 7.02. The number of halogens is 1. The molecule has 0 heterocycles. The zero-order valence-electron chi connectivity index (χ0n) is 14.5. The van der Waals surface area contributed by atoms with Crippen LogP contribution in [0.2, 0.25) is 5.02 Å². The molecule has 0 aliphatic heterocycles. The summed E-state index contributed by atoms with van der Waals surface area (Å²) >= 11 is 5.97. The molecule has 0 bridgehead atoms. The number of aryl methyl sites for hydroxylation is 1. The smallest absolute Gasteiger partial charge is 0.337 e. The zero-order chi connectivity index (χ0) is 19.2. The van der Waals surface area contributed by atoms with Crippen LogP contribution in [0.3, 0.4) is 0 Å². The Hall–Kier alpha value is -2.09. The third kappa shape index (κ3) is 5.45. The number of carbonyl (C=O) groups excluding carboxylic acids is 1. The van der Waals surface area contributed by atoms with Gasteiger partial charge in [0.2, 0.25) is 10.0 Å². The van der Waals surface area contributed by atoms with Crippen molar-refractivity contribution in [3.8, 4) is 5.75 Å². The van der Waals surface area contributed by atoms with Gasteiger partial charge in [-0.15, -0.1) is 0 Å². The minimum absolute atomic E-state index is 0.0289. The van der Waals surface area contributed by atoms with Crippen molar-refractivity contribution in [1.82, 2.24) is 4.72 Å². The molecular weight excluding hydrogens is 378 g/mol. The van der Waals surface area contributed by atoms with Gasteiger partial charge >= 0.3 is 5.97 Å². The van der Waals surface area contributed by atoms with Crippen molar-refractivity contribution in [2.75, 3.05) is 20.3 Å². The predicted molar refractivity (Wildman–Crippen MR) is 99.3 cm³/mol.